The van der Waals surface area contributed by atoms with Crippen LogP contribution in [0, 0.1) is 0 Å². The number of rotatable bonds is 7. The molecule has 0 bridgehead atoms. The number of carbonyl (C=O) groups is 1. The van der Waals surface area contributed by atoms with Crippen molar-refractivity contribution in [2.24, 2.45) is 4.99 Å². The molecule has 4 aromatic rings. The third-order valence-corrected chi connectivity index (χ3v) is 8.17. The van der Waals surface area contributed by atoms with Gasteiger partial charge in [0.15, 0.2) is 0 Å². The molecule has 7 nitrogen and oxygen atoms in total. The van der Waals surface area contributed by atoms with Crippen molar-refractivity contribution in [2.75, 3.05) is 43.2 Å². The molecular weight excluding hydrogens is 571 g/mol. The maximum absolute atomic E-state index is 14.4. The van der Waals surface area contributed by atoms with Crippen LogP contribution in [0.1, 0.15) is 22.3 Å². The Labute approximate surface area is 255 Å². The number of methoxy groups -OCH3 is 1. The fourth-order valence-corrected chi connectivity index (χ4v) is 5.71. The van der Waals surface area contributed by atoms with Gasteiger partial charge in [-0.3, -0.25) is 9.79 Å². The average Bonchev–Trinajstić information content (AvgIpc) is 3.13. The van der Waals surface area contributed by atoms with E-state index in [4.69, 9.17) is 42.7 Å². The Kier molecular flexibility index (Phi) is 8.42. The van der Waals surface area contributed by atoms with Gasteiger partial charge in [0, 0.05) is 46.9 Å². The van der Waals surface area contributed by atoms with Gasteiger partial charge in [0.2, 0.25) is 0 Å². The standard InChI is InChI=1S/C33H30Cl2N4O3/c1-41-26-10-6-22(7-11-26)21-39-30-12-9-25(34)19-27(30)32(24-8-13-31(36-20-24)38-14-16-42-17-15-38)37-29(33(39)40)18-23-4-2-3-5-28(23)35/h2-13,19-20,29H,14-18,21H2,1H3. The second kappa shape index (κ2) is 12.5. The van der Waals surface area contributed by atoms with E-state index in [0.717, 1.165) is 52.6 Å². The topological polar surface area (TPSA) is 67.3 Å². The van der Waals surface area contributed by atoms with Gasteiger partial charge in [-0.05, 0) is 59.7 Å². The summed E-state index contributed by atoms with van der Waals surface area (Å²) in [6.07, 6.45) is 2.17. The first-order valence-electron chi connectivity index (χ1n) is 13.8. The summed E-state index contributed by atoms with van der Waals surface area (Å²) in [5.41, 5.74) is 4.79. The van der Waals surface area contributed by atoms with Crippen LogP contribution in [-0.4, -0.2) is 56.1 Å². The molecule has 1 unspecified atom stereocenters. The maximum atomic E-state index is 14.4. The molecule has 9 heteroatoms. The molecule has 3 aromatic carbocycles. The number of carbonyl (C=O) groups excluding carboxylic acids is 1. The predicted octanol–water partition coefficient (Wildman–Crippen LogP) is 6.23. The molecule has 2 aliphatic rings. The van der Waals surface area contributed by atoms with E-state index in [2.05, 4.69) is 4.90 Å². The first-order chi connectivity index (χ1) is 20.5. The van der Waals surface area contributed by atoms with Crippen LogP contribution in [0.3, 0.4) is 0 Å². The monoisotopic (exact) mass is 600 g/mol. The fourth-order valence-electron chi connectivity index (χ4n) is 5.33. The number of benzodiazepines with no additional fused rings is 1. The summed E-state index contributed by atoms with van der Waals surface area (Å²) in [7, 11) is 1.63. The van der Waals surface area contributed by atoms with Crippen molar-refractivity contribution in [3.8, 4) is 5.75 Å². The Hall–Kier alpha value is -3.91. The molecule has 1 aromatic heterocycles. The summed E-state index contributed by atoms with van der Waals surface area (Å²) < 4.78 is 10.8. The number of benzene rings is 3. The molecule has 0 radical (unpaired) electrons. The van der Waals surface area contributed by atoms with Crippen molar-refractivity contribution in [2.45, 2.75) is 19.0 Å². The van der Waals surface area contributed by atoms with Crippen LogP contribution >= 0.6 is 23.2 Å². The average molecular weight is 602 g/mol. The smallest absolute Gasteiger partial charge is 0.252 e. The number of ether oxygens (including phenoxy) is 2. The van der Waals surface area contributed by atoms with Crippen LogP contribution in [0.2, 0.25) is 10.0 Å². The Morgan fingerprint density at radius 3 is 2.48 bits per heavy atom. The highest BCUT2D eigenvalue weighted by Gasteiger charge is 2.33. The van der Waals surface area contributed by atoms with Crippen LogP contribution in [-0.2, 0) is 22.5 Å². The van der Waals surface area contributed by atoms with Gasteiger partial charge in [0.25, 0.3) is 5.91 Å². The minimum Gasteiger partial charge on any atom is -0.497 e. The van der Waals surface area contributed by atoms with Crippen molar-refractivity contribution in [1.29, 1.82) is 0 Å². The van der Waals surface area contributed by atoms with Crippen LogP contribution < -0.4 is 14.5 Å². The second-order valence-electron chi connectivity index (χ2n) is 10.2. The summed E-state index contributed by atoms with van der Waals surface area (Å²) in [5.74, 6) is 1.51. The van der Waals surface area contributed by atoms with E-state index < -0.39 is 6.04 Å². The molecule has 42 heavy (non-hydrogen) atoms. The molecule has 1 amide bonds. The van der Waals surface area contributed by atoms with Crippen LogP contribution in [0.4, 0.5) is 11.5 Å². The Bertz CT molecular complexity index is 1600. The molecular formula is C33H30Cl2N4O3. The number of hydrogen-bond donors (Lipinski definition) is 0. The van der Waals surface area contributed by atoms with Gasteiger partial charge in [-0.25, -0.2) is 4.98 Å². The SMILES string of the molecule is COc1ccc(CN2C(=O)C(Cc3ccccc3Cl)N=C(c3ccc(N4CCOCC4)nc3)c3cc(Cl)ccc32)cc1. The summed E-state index contributed by atoms with van der Waals surface area (Å²) in [4.78, 5) is 28.2. The quantitative estimate of drug-likeness (QED) is 0.251. The Morgan fingerprint density at radius 1 is 0.976 bits per heavy atom. The van der Waals surface area contributed by atoms with E-state index in [1.165, 1.54) is 0 Å². The number of nitrogens with zero attached hydrogens (tertiary/aromatic N) is 4. The maximum Gasteiger partial charge on any atom is 0.252 e. The van der Waals surface area contributed by atoms with Crippen LogP contribution in [0.5, 0.6) is 5.75 Å². The fraction of sp³-hybridized carbons (Fsp3) is 0.242. The zero-order chi connectivity index (χ0) is 29.1. The number of aromatic nitrogens is 1. The third kappa shape index (κ3) is 6.00. The number of pyridine rings is 1. The second-order valence-corrected chi connectivity index (χ2v) is 11.1. The molecule has 0 spiro atoms. The summed E-state index contributed by atoms with van der Waals surface area (Å²) >= 11 is 13.1. The van der Waals surface area contributed by atoms with Gasteiger partial charge >= 0.3 is 0 Å². The van der Waals surface area contributed by atoms with E-state index in [9.17, 15) is 4.79 Å². The number of anilines is 2. The summed E-state index contributed by atoms with van der Waals surface area (Å²) in [6, 6.07) is 24.1. The molecule has 3 heterocycles. The minimum atomic E-state index is -0.719. The van der Waals surface area contributed by atoms with E-state index in [1.807, 2.05) is 79.0 Å². The van der Waals surface area contributed by atoms with E-state index in [1.54, 1.807) is 18.1 Å². The minimum absolute atomic E-state index is 0.123. The van der Waals surface area contributed by atoms with Crippen molar-refractivity contribution in [3.63, 3.8) is 0 Å². The lowest BCUT2D eigenvalue weighted by atomic mass is 10.0. The molecule has 1 atom stereocenters. The Morgan fingerprint density at radius 2 is 1.76 bits per heavy atom. The first-order valence-corrected chi connectivity index (χ1v) is 14.6. The summed E-state index contributed by atoms with van der Waals surface area (Å²) in [6.45, 7) is 3.30. The van der Waals surface area contributed by atoms with E-state index >= 15 is 0 Å². The van der Waals surface area contributed by atoms with Gasteiger partial charge in [0.1, 0.15) is 17.6 Å². The van der Waals surface area contributed by atoms with Gasteiger partial charge in [-0.1, -0.05) is 53.5 Å². The highest BCUT2D eigenvalue weighted by molar-refractivity contribution is 6.32. The Balaban J connectivity index is 1.44. The number of hydrogen-bond acceptors (Lipinski definition) is 6. The van der Waals surface area contributed by atoms with Gasteiger partial charge < -0.3 is 19.3 Å². The lowest BCUT2D eigenvalue weighted by molar-refractivity contribution is -0.119. The van der Waals surface area contributed by atoms with Crippen molar-refractivity contribution < 1.29 is 14.3 Å². The number of fused-ring (bicyclic) bond motifs is 1. The highest BCUT2D eigenvalue weighted by Crippen LogP contribution is 2.34. The van der Waals surface area contributed by atoms with Crippen LogP contribution in [0.25, 0.3) is 0 Å². The van der Waals surface area contributed by atoms with Crippen molar-refractivity contribution >= 4 is 46.3 Å². The molecule has 0 aliphatic carbocycles. The van der Waals surface area contributed by atoms with E-state index in [-0.39, 0.29) is 5.91 Å². The molecule has 214 valence electrons. The summed E-state index contributed by atoms with van der Waals surface area (Å²) in [5, 5.41) is 1.16. The largest absolute Gasteiger partial charge is 0.497 e. The van der Waals surface area contributed by atoms with Crippen LogP contribution in [0.15, 0.2) is 90.1 Å². The number of halogens is 2. The zero-order valence-corrected chi connectivity index (χ0v) is 24.7. The van der Waals surface area contributed by atoms with Gasteiger partial charge in [-0.15, -0.1) is 0 Å². The predicted molar refractivity (Wildman–Crippen MR) is 167 cm³/mol. The lowest BCUT2D eigenvalue weighted by Crippen LogP contribution is -2.38. The number of amides is 1. The molecule has 1 fully saturated rings. The van der Waals surface area contributed by atoms with Gasteiger partial charge in [0.05, 0.1) is 38.3 Å². The zero-order valence-electron chi connectivity index (χ0n) is 23.2. The molecule has 6 rings (SSSR count). The lowest BCUT2D eigenvalue weighted by Gasteiger charge is -2.27. The molecule has 0 N–H and O–H groups in total. The molecule has 2 aliphatic heterocycles. The normalized spacial score (nSPS) is 17.0. The molecule has 0 saturated carbocycles. The van der Waals surface area contributed by atoms with E-state index in [0.29, 0.717) is 41.9 Å². The highest BCUT2D eigenvalue weighted by atomic mass is 35.5. The number of aliphatic imine (C=N–C) groups is 1. The van der Waals surface area contributed by atoms with Gasteiger partial charge in [-0.2, -0.15) is 0 Å². The van der Waals surface area contributed by atoms with Crippen molar-refractivity contribution in [1.82, 2.24) is 4.98 Å². The number of morpholine rings is 1. The molecule has 1 saturated heterocycles. The first kappa shape index (κ1) is 28.2. The van der Waals surface area contributed by atoms with Crippen molar-refractivity contribution in [3.05, 3.63) is 117 Å². The third-order valence-electron chi connectivity index (χ3n) is 7.57.